The van der Waals surface area contributed by atoms with Crippen molar-refractivity contribution in [2.75, 3.05) is 6.61 Å². The third-order valence-corrected chi connectivity index (χ3v) is 3.68. The van der Waals surface area contributed by atoms with Crippen LogP contribution in [0.15, 0.2) is 41.8 Å². The van der Waals surface area contributed by atoms with E-state index in [1.165, 1.54) is 0 Å². The van der Waals surface area contributed by atoms with Crippen molar-refractivity contribution in [3.63, 3.8) is 0 Å². The quantitative estimate of drug-likeness (QED) is 0.771. The Bertz CT molecular complexity index is 676. The lowest BCUT2D eigenvalue weighted by atomic mass is 10.2. The summed E-state index contributed by atoms with van der Waals surface area (Å²) in [6, 6.07) is 11.9. The maximum atomic E-state index is 5.63. The predicted molar refractivity (Wildman–Crippen MR) is 80.9 cm³/mol. The van der Waals surface area contributed by atoms with E-state index < -0.39 is 0 Å². The summed E-state index contributed by atoms with van der Waals surface area (Å²) >= 11 is 1.64. The highest BCUT2D eigenvalue weighted by Crippen LogP contribution is 2.25. The summed E-state index contributed by atoms with van der Waals surface area (Å²) in [5, 5.41) is 9.28. The summed E-state index contributed by atoms with van der Waals surface area (Å²) in [6.07, 6.45) is 0.993. The van der Waals surface area contributed by atoms with Crippen molar-refractivity contribution >= 4 is 11.3 Å². The van der Waals surface area contributed by atoms with Crippen molar-refractivity contribution in [1.29, 1.82) is 0 Å². The van der Waals surface area contributed by atoms with Gasteiger partial charge in [-0.2, -0.15) is 5.10 Å². The summed E-state index contributed by atoms with van der Waals surface area (Å²) < 4.78 is 5.63. The highest BCUT2D eigenvalue weighted by molar-refractivity contribution is 7.13. The largest absolute Gasteiger partial charge is 0.494 e. The molecule has 0 aliphatic heterocycles. The predicted octanol–water partition coefficient (Wildman–Crippen LogP) is 3.99. The lowest BCUT2D eigenvalue weighted by Crippen LogP contribution is -1.94. The van der Waals surface area contributed by atoms with E-state index in [2.05, 4.69) is 22.1 Å². The van der Waals surface area contributed by atoms with E-state index in [1.54, 1.807) is 11.3 Å². The third kappa shape index (κ3) is 2.72. The van der Waals surface area contributed by atoms with Gasteiger partial charge >= 0.3 is 0 Å². The van der Waals surface area contributed by atoms with Crippen LogP contribution < -0.4 is 4.74 Å². The molecule has 4 nitrogen and oxygen atoms in total. The Morgan fingerprint density at radius 1 is 1.25 bits per heavy atom. The molecule has 2 aromatic heterocycles. The SMILES string of the molecule is CCCOc1cccc(-c2n[nH]c(-c3cccs3)n2)c1. The van der Waals surface area contributed by atoms with Crippen molar-refractivity contribution in [3.8, 4) is 27.8 Å². The van der Waals surface area contributed by atoms with Crippen LogP contribution >= 0.6 is 11.3 Å². The molecule has 0 atom stereocenters. The van der Waals surface area contributed by atoms with Gasteiger partial charge in [-0.05, 0) is 30.0 Å². The summed E-state index contributed by atoms with van der Waals surface area (Å²) in [5.74, 6) is 2.34. The van der Waals surface area contributed by atoms with Crippen LogP contribution in [0.5, 0.6) is 5.75 Å². The van der Waals surface area contributed by atoms with Gasteiger partial charge in [-0.25, -0.2) is 4.98 Å². The highest BCUT2D eigenvalue weighted by Gasteiger charge is 2.09. The highest BCUT2D eigenvalue weighted by atomic mass is 32.1. The van der Waals surface area contributed by atoms with Crippen molar-refractivity contribution in [2.45, 2.75) is 13.3 Å². The van der Waals surface area contributed by atoms with E-state index in [4.69, 9.17) is 4.74 Å². The van der Waals surface area contributed by atoms with E-state index in [9.17, 15) is 0 Å². The average molecular weight is 285 g/mol. The molecule has 0 aliphatic carbocycles. The first-order chi connectivity index (χ1) is 9.86. The second-order valence-electron chi connectivity index (χ2n) is 4.36. The third-order valence-electron chi connectivity index (χ3n) is 2.81. The number of rotatable bonds is 5. The molecule has 0 unspecified atom stereocenters. The van der Waals surface area contributed by atoms with Gasteiger partial charge in [0.2, 0.25) is 0 Å². The van der Waals surface area contributed by atoms with Gasteiger partial charge in [0.05, 0.1) is 11.5 Å². The Kier molecular flexibility index (Phi) is 3.78. The molecule has 0 spiro atoms. The van der Waals surface area contributed by atoms with Gasteiger partial charge in [0, 0.05) is 5.56 Å². The van der Waals surface area contributed by atoms with Gasteiger partial charge in [0.15, 0.2) is 11.6 Å². The van der Waals surface area contributed by atoms with Crippen molar-refractivity contribution in [2.24, 2.45) is 0 Å². The molecule has 20 heavy (non-hydrogen) atoms. The number of aromatic amines is 1. The van der Waals surface area contributed by atoms with Crippen LogP contribution in [0.1, 0.15) is 13.3 Å². The number of aromatic nitrogens is 3. The number of H-pyrrole nitrogens is 1. The topological polar surface area (TPSA) is 50.8 Å². The molecular formula is C15H15N3OS. The number of benzene rings is 1. The molecule has 3 rings (SSSR count). The summed E-state index contributed by atoms with van der Waals surface area (Å²) in [4.78, 5) is 5.62. The summed E-state index contributed by atoms with van der Waals surface area (Å²) in [5.41, 5.74) is 0.956. The van der Waals surface area contributed by atoms with Gasteiger partial charge in [-0.1, -0.05) is 25.1 Å². The Balaban J connectivity index is 1.86. The molecule has 0 bridgehead atoms. The first-order valence-electron chi connectivity index (χ1n) is 6.56. The molecule has 0 fully saturated rings. The van der Waals surface area contributed by atoms with Crippen LogP contribution in [0.25, 0.3) is 22.1 Å². The van der Waals surface area contributed by atoms with Crippen LogP contribution in [0, 0.1) is 0 Å². The minimum atomic E-state index is 0.690. The fourth-order valence-corrected chi connectivity index (χ4v) is 2.52. The van der Waals surface area contributed by atoms with E-state index in [0.717, 1.165) is 35.0 Å². The number of nitrogens with zero attached hydrogens (tertiary/aromatic N) is 2. The second-order valence-corrected chi connectivity index (χ2v) is 5.31. The van der Waals surface area contributed by atoms with Crippen LogP contribution in [0.2, 0.25) is 0 Å². The zero-order chi connectivity index (χ0) is 13.8. The molecule has 0 aliphatic rings. The molecule has 0 saturated heterocycles. The zero-order valence-corrected chi connectivity index (χ0v) is 12.0. The maximum absolute atomic E-state index is 5.63. The van der Waals surface area contributed by atoms with Gasteiger partial charge in [0.1, 0.15) is 5.75 Å². The molecule has 0 amide bonds. The summed E-state index contributed by atoms with van der Waals surface area (Å²) in [6.45, 7) is 2.81. The van der Waals surface area contributed by atoms with Crippen molar-refractivity contribution in [1.82, 2.24) is 15.2 Å². The molecule has 2 heterocycles. The Hall–Kier alpha value is -2.14. The molecule has 0 radical (unpaired) electrons. The minimum Gasteiger partial charge on any atom is -0.494 e. The Labute approximate surface area is 121 Å². The van der Waals surface area contributed by atoms with Crippen LogP contribution in [-0.2, 0) is 0 Å². The molecule has 1 N–H and O–H groups in total. The van der Waals surface area contributed by atoms with Crippen molar-refractivity contribution < 1.29 is 4.74 Å². The molecular weight excluding hydrogens is 270 g/mol. The standard InChI is InChI=1S/C15H15N3OS/c1-2-8-19-12-6-3-5-11(10-12)14-16-15(18-17-14)13-7-4-9-20-13/h3-7,9-10H,2,8H2,1H3,(H,16,17,18). The number of hydrogen-bond acceptors (Lipinski definition) is 4. The van der Waals surface area contributed by atoms with Gasteiger partial charge < -0.3 is 4.74 Å². The van der Waals surface area contributed by atoms with Crippen LogP contribution in [0.3, 0.4) is 0 Å². The summed E-state index contributed by atoms with van der Waals surface area (Å²) in [7, 11) is 0. The lowest BCUT2D eigenvalue weighted by molar-refractivity contribution is 0.317. The first kappa shape index (κ1) is 12.9. The number of thiophene rings is 1. The lowest BCUT2D eigenvalue weighted by Gasteiger charge is -2.04. The molecule has 3 aromatic rings. The Morgan fingerprint density at radius 2 is 2.20 bits per heavy atom. The van der Waals surface area contributed by atoms with E-state index in [1.807, 2.05) is 41.8 Å². The molecule has 1 aromatic carbocycles. The number of hydrogen-bond donors (Lipinski definition) is 1. The van der Waals surface area contributed by atoms with Gasteiger partial charge in [-0.3, -0.25) is 5.10 Å². The number of nitrogens with one attached hydrogen (secondary N) is 1. The fourth-order valence-electron chi connectivity index (χ4n) is 1.86. The van der Waals surface area contributed by atoms with Crippen molar-refractivity contribution in [3.05, 3.63) is 41.8 Å². The normalized spacial score (nSPS) is 10.7. The van der Waals surface area contributed by atoms with Crippen LogP contribution in [-0.4, -0.2) is 21.8 Å². The molecule has 5 heteroatoms. The molecule has 102 valence electrons. The monoisotopic (exact) mass is 285 g/mol. The number of ether oxygens (including phenoxy) is 1. The zero-order valence-electron chi connectivity index (χ0n) is 11.2. The minimum absolute atomic E-state index is 0.690. The fraction of sp³-hybridized carbons (Fsp3) is 0.200. The van der Waals surface area contributed by atoms with Gasteiger partial charge in [-0.15, -0.1) is 11.3 Å². The first-order valence-corrected chi connectivity index (χ1v) is 7.44. The maximum Gasteiger partial charge on any atom is 0.181 e. The van der Waals surface area contributed by atoms with E-state index >= 15 is 0 Å². The smallest absolute Gasteiger partial charge is 0.181 e. The molecule has 0 saturated carbocycles. The Morgan fingerprint density at radius 3 is 3.00 bits per heavy atom. The second kappa shape index (κ2) is 5.88. The van der Waals surface area contributed by atoms with Gasteiger partial charge in [0.25, 0.3) is 0 Å². The van der Waals surface area contributed by atoms with E-state index in [-0.39, 0.29) is 0 Å². The average Bonchev–Trinajstić information content (AvgIpc) is 3.15. The van der Waals surface area contributed by atoms with Crippen LogP contribution in [0.4, 0.5) is 0 Å². The van der Waals surface area contributed by atoms with E-state index in [0.29, 0.717) is 5.82 Å².